The Morgan fingerprint density at radius 1 is 1.22 bits per heavy atom. The Morgan fingerprint density at radius 3 is 2.50 bits per heavy atom. The molecule has 0 radical (unpaired) electrons. The first-order chi connectivity index (χ1) is 8.65. The van der Waals surface area contributed by atoms with Crippen molar-refractivity contribution in [2.45, 2.75) is 77.8 Å². The van der Waals surface area contributed by atoms with Gasteiger partial charge in [0, 0.05) is 12.6 Å². The molecule has 1 saturated carbocycles. The molecule has 0 heterocycles. The molecule has 18 heavy (non-hydrogen) atoms. The first kappa shape index (κ1) is 15.5. The van der Waals surface area contributed by atoms with Crippen molar-refractivity contribution in [1.29, 1.82) is 0 Å². The van der Waals surface area contributed by atoms with Crippen molar-refractivity contribution in [3.05, 3.63) is 0 Å². The van der Waals surface area contributed by atoms with Gasteiger partial charge in [0.2, 0.25) is 5.91 Å². The van der Waals surface area contributed by atoms with Gasteiger partial charge in [-0.25, -0.2) is 0 Å². The molecule has 0 aliphatic heterocycles. The molecule has 1 aliphatic carbocycles. The SMILES string of the molecule is CCCCNC(=O)C(C)NC(C)C1CCCCC1. The van der Waals surface area contributed by atoms with Gasteiger partial charge >= 0.3 is 0 Å². The molecule has 106 valence electrons. The van der Waals surface area contributed by atoms with Crippen LogP contribution in [0.2, 0.25) is 0 Å². The van der Waals surface area contributed by atoms with Crippen molar-refractivity contribution in [3.63, 3.8) is 0 Å². The lowest BCUT2D eigenvalue weighted by molar-refractivity contribution is -0.123. The molecule has 0 aromatic carbocycles. The molecular weight excluding hydrogens is 224 g/mol. The average molecular weight is 254 g/mol. The minimum absolute atomic E-state index is 0.0706. The van der Waals surface area contributed by atoms with E-state index in [1.165, 1.54) is 32.1 Å². The van der Waals surface area contributed by atoms with Gasteiger partial charge in [0.05, 0.1) is 6.04 Å². The quantitative estimate of drug-likeness (QED) is 0.686. The molecule has 0 aromatic rings. The molecule has 1 fully saturated rings. The summed E-state index contributed by atoms with van der Waals surface area (Å²) in [5.41, 5.74) is 0. The third kappa shape index (κ3) is 5.38. The summed E-state index contributed by atoms with van der Waals surface area (Å²) in [5, 5.41) is 6.45. The Kier molecular flexibility index (Phi) is 7.33. The van der Waals surface area contributed by atoms with Crippen LogP contribution in [0.1, 0.15) is 65.7 Å². The highest BCUT2D eigenvalue weighted by atomic mass is 16.2. The van der Waals surface area contributed by atoms with E-state index in [9.17, 15) is 4.79 Å². The first-order valence-electron chi connectivity index (χ1n) is 7.69. The summed E-state index contributed by atoms with van der Waals surface area (Å²) in [6.45, 7) is 7.14. The number of amides is 1. The van der Waals surface area contributed by atoms with E-state index in [0.29, 0.717) is 6.04 Å². The van der Waals surface area contributed by atoms with Crippen molar-refractivity contribution >= 4 is 5.91 Å². The molecule has 2 atom stereocenters. The molecule has 3 nitrogen and oxygen atoms in total. The van der Waals surface area contributed by atoms with Gasteiger partial charge in [0.15, 0.2) is 0 Å². The molecule has 0 bridgehead atoms. The minimum Gasteiger partial charge on any atom is -0.355 e. The fourth-order valence-electron chi connectivity index (χ4n) is 2.78. The number of rotatable bonds is 7. The van der Waals surface area contributed by atoms with Gasteiger partial charge in [0.1, 0.15) is 0 Å². The van der Waals surface area contributed by atoms with E-state index in [2.05, 4.69) is 24.5 Å². The van der Waals surface area contributed by atoms with Crippen molar-refractivity contribution in [1.82, 2.24) is 10.6 Å². The van der Waals surface area contributed by atoms with Gasteiger partial charge in [-0.2, -0.15) is 0 Å². The molecule has 0 spiro atoms. The summed E-state index contributed by atoms with van der Waals surface area (Å²) >= 11 is 0. The van der Waals surface area contributed by atoms with E-state index in [1.54, 1.807) is 0 Å². The molecule has 0 aromatic heterocycles. The van der Waals surface area contributed by atoms with E-state index in [0.717, 1.165) is 25.3 Å². The third-order valence-corrected chi connectivity index (χ3v) is 4.09. The maximum absolute atomic E-state index is 11.9. The van der Waals surface area contributed by atoms with Gasteiger partial charge in [-0.05, 0) is 39.0 Å². The summed E-state index contributed by atoms with van der Waals surface area (Å²) in [7, 11) is 0. The molecule has 2 N–H and O–H groups in total. The smallest absolute Gasteiger partial charge is 0.236 e. The fraction of sp³-hybridized carbons (Fsp3) is 0.933. The summed E-state index contributed by atoms with van der Waals surface area (Å²) in [5.74, 6) is 0.899. The molecule has 3 heteroatoms. The number of hydrogen-bond acceptors (Lipinski definition) is 2. The number of carbonyl (C=O) groups excluding carboxylic acids is 1. The minimum atomic E-state index is -0.0706. The van der Waals surface area contributed by atoms with E-state index in [-0.39, 0.29) is 11.9 Å². The summed E-state index contributed by atoms with van der Waals surface area (Å²) < 4.78 is 0. The van der Waals surface area contributed by atoms with Crippen molar-refractivity contribution in [3.8, 4) is 0 Å². The summed E-state index contributed by atoms with van der Waals surface area (Å²) in [6.07, 6.45) is 8.92. The Labute approximate surface area is 112 Å². The highest BCUT2D eigenvalue weighted by Gasteiger charge is 2.23. The van der Waals surface area contributed by atoms with E-state index >= 15 is 0 Å². The molecule has 1 rings (SSSR count). The third-order valence-electron chi connectivity index (χ3n) is 4.09. The predicted molar refractivity (Wildman–Crippen MR) is 76.6 cm³/mol. The predicted octanol–water partition coefficient (Wildman–Crippen LogP) is 2.85. The topological polar surface area (TPSA) is 41.1 Å². The largest absolute Gasteiger partial charge is 0.355 e. The normalized spacial score (nSPS) is 20.4. The summed E-state index contributed by atoms with van der Waals surface area (Å²) in [6, 6.07) is 0.385. The van der Waals surface area contributed by atoms with Crippen LogP contribution in [0, 0.1) is 5.92 Å². The van der Waals surface area contributed by atoms with Gasteiger partial charge in [-0.3, -0.25) is 4.79 Å². The second-order valence-electron chi connectivity index (χ2n) is 5.72. The average Bonchev–Trinajstić information content (AvgIpc) is 2.39. The summed E-state index contributed by atoms with van der Waals surface area (Å²) in [4.78, 5) is 11.9. The molecule has 0 saturated heterocycles. The lowest BCUT2D eigenvalue weighted by Gasteiger charge is -2.30. The number of hydrogen-bond donors (Lipinski definition) is 2. The number of carbonyl (C=O) groups is 1. The molecule has 2 unspecified atom stereocenters. The Bertz CT molecular complexity index is 237. The van der Waals surface area contributed by atoms with E-state index in [4.69, 9.17) is 0 Å². The van der Waals surface area contributed by atoms with Gasteiger partial charge in [-0.15, -0.1) is 0 Å². The van der Waals surface area contributed by atoms with Crippen LogP contribution in [0.3, 0.4) is 0 Å². The van der Waals surface area contributed by atoms with Crippen LogP contribution in [-0.4, -0.2) is 24.5 Å². The fourth-order valence-corrected chi connectivity index (χ4v) is 2.78. The lowest BCUT2D eigenvalue weighted by Crippen LogP contribution is -2.48. The van der Waals surface area contributed by atoms with E-state index in [1.807, 2.05) is 6.92 Å². The standard InChI is InChI=1S/C15H30N2O/c1-4-5-11-16-15(18)13(3)17-12(2)14-9-7-6-8-10-14/h12-14,17H,4-11H2,1-3H3,(H,16,18). The second kappa shape index (κ2) is 8.52. The monoisotopic (exact) mass is 254 g/mol. The van der Waals surface area contributed by atoms with Gasteiger partial charge in [0.25, 0.3) is 0 Å². The van der Waals surface area contributed by atoms with Crippen LogP contribution < -0.4 is 10.6 Å². The molecular formula is C15H30N2O. The number of nitrogens with one attached hydrogen (secondary N) is 2. The zero-order valence-corrected chi connectivity index (χ0v) is 12.3. The Hall–Kier alpha value is -0.570. The highest BCUT2D eigenvalue weighted by Crippen LogP contribution is 2.26. The van der Waals surface area contributed by atoms with Gasteiger partial charge in [-0.1, -0.05) is 32.6 Å². The van der Waals surface area contributed by atoms with Crippen LogP contribution >= 0.6 is 0 Å². The molecule has 1 amide bonds. The Morgan fingerprint density at radius 2 is 1.89 bits per heavy atom. The van der Waals surface area contributed by atoms with Crippen molar-refractivity contribution in [2.75, 3.05) is 6.54 Å². The van der Waals surface area contributed by atoms with Crippen LogP contribution in [-0.2, 0) is 4.79 Å². The maximum Gasteiger partial charge on any atom is 0.236 e. The van der Waals surface area contributed by atoms with Crippen LogP contribution in [0.25, 0.3) is 0 Å². The van der Waals surface area contributed by atoms with Crippen LogP contribution in [0.15, 0.2) is 0 Å². The zero-order valence-electron chi connectivity index (χ0n) is 12.3. The molecule has 1 aliphatic rings. The van der Waals surface area contributed by atoms with Crippen molar-refractivity contribution < 1.29 is 4.79 Å². The Balaban J connectivity index is 2.24. The second-order valence-corrected chi connectivity index (χ2v) is 5.72. The van der Waals surface area contributed by atoms with Crippen molar-refractivity contribution in [2.24, 2.45) is 5.92 Å². The van der Waals surface area contributed by atoms with Gasteiger partial charge < -0.3 is 10.6 Å². The number of unbranched alkanes of at least 4 members (excludes halogenated alkanes) is 1. The lowest BCUT2D eigenvalue weighted by atomic mass is 9.84. The van der Waals surface area contributed by atoms with Crippen LogP contribution in [0.4, 0.5) is 0 Å². The van der Waals surface area contributed by atoms with E-state index < -0.39 is 0 Å². The first-order valence-corrected chi connectivity index (χ1v) is 7.69. The highest BCUT2D eigenvalue weighted by molar-refractivity contribution is 5.81. The van der Waals surface area contributed by atoms with Crippen LogP contribution in [0.5, 0.6) is 0 Å². The maximum atomic E-state index is 11.9. The zero-order chi connectivity index (χ0) is 13.4.